The van der Waals surface area contributed by atoms with Crippen LogP contribution in [0.15, 0.2) is 36.9 Å². The molecule has 0 saturated carbocycles. The van der Waals surface area contributed by atoms with Crippen molar-refractivity contribution in [2.45, 2.75) is 70.0 Å². The lowest BCUT2D eigenvalue weighted by atomic mass is 9.88. The molecule has 49 heavy (non-hydrogen) atoms. The van der Waals surface area contributed by atoms with Gasteiger partial charge in [-0.25, -0.2) is 19.4 Å². The number of rotatable bonds is 5. The van der Waals surface area contributed by atoms with Crippen LogP contribution in [0.3, 0.4) is 0 Å². The smallest absolute Gasteiger partial charge is 0.475 e. The number of carboxylic acid groups (broad SMARTS) is 3. The van der Waals surface area contributed by atoms with Crippen molar-refractivity contribution in [2.24, 2.45) is 5.92 Å². The zero-order chi connectivity index (χ0) is 37.8. The Kier molecular flexibility index (Phi) is 15.4. The van der Waals surface area contributed by atoms with E-state index in [1.807, 2.05) is 24.7 Å². The van der Waals surface area contributed by atoms with Crippen molar-refractivity contribution in [1.82, 2.24) is 24.8 Å². The molecule has 13 nitrogen and oxygen atoms in total. The number of amides is 1. The number of carbonyl (C=O) groups is 4. The molecular weight excluding hydrogens is 693 g/mol. The lowest BCUT2D eigenvalue weighted by Gasteiger charge is -2.45. The predicted octanol–water partition coefficient (Wildman–Crippen LogP) is 3.84. The van der Waals surface area contributed by atoms with Gasteiger partial charge in [0.05, 0.1) is 6.54 Å². The van der Waals surface area contributed by atoms with Crippen LogP contribution in [0.4, 0.5) is 39.5 Å². The third kappa shape index (κ3) is 14.7. The predicted molar refractivity (Wildman–Crippen MR) is 146 cm³/mol. The van der Waals surface area contributed by atoms with Crippen LogP contribution in [-0.2, 0) is 42.6 Å². The molecule has 1 atom stereocenters. The van der Waals surface area contributed by atoms with Crippen molar-refractivity contribution in [2.75, 3.05) is 19.6 Å². The average molecular weight is 726 g/mol. The van der Waals surface area contributed by atoms with Gasteiger partial charge in [-0.3, -0.25) is 14.7 Å². The lowest BCUT2D eigenvalue weighted by molar-refractivity contribution is -0.193. The zero-order valence-electron chi connectivity index (χ0n) is 25.6. The highest BCUT2D eigenvalue weighted by Crippen LogP contribution is 2.40. The lowest BCUT2D eigenvalue weighted by Crippen LogP contribution is -2.54. The summed E-state index contributed by atoms with van der Waals surface area (Å²) in [5.74, 6) is -6.92. The van der Waals surface area contributed by atoms with E-state index in [0.29, 0.717) is 19.0 Å². The van der Waals surface area contributed by atoms with Gasteiger partial charge >= 0.3 is 36.4 Å². The molecule has 0 aliphatic carbocycles. The number of nitrogens with one attached hydrogen (secondary N) is 1. The topological polar surface area (TPSA) is 184 Å². The van der Waals surface area contributed by atoms with Crippen molar-refractivity contribution in [1.29, 1.82) is 0 Å². The fourth-order valence-electron chi connectivity index (χ4n) is 4.12. The maximum atomic E-state index is 12.7. The van der Waals surface area contributed by atoms with E-state index in [-0.39, 0.29) is 5.91 Å². The van der Waals surface area contributed by atoms with E-state index in [1.165, 1.54) is 5.56 Å². The van der Waals surface area contributed by atoms with Gasteiger partial charge in [0.25, 0.3) is 5.91 Å². The van der Waals surface area contributed by atoms with Crippen LogP contribution in [0.1, 0.15) is 38.1 Å². The number of fused-ring (bicyclic) bond motifs is 2. The fourth-order valence-corrected chi connectivity index (χ4v) is 4.12. The molecule has 276 valence electrons. The van der Waals surface area contributed by atoms with Gasteiger partial charge in [-0.05, 0) is 30.4 Å². The Hall–Kier alpha value is -4.47. The molecule has 22 heteroatoms. The van der Waals surface area contributed by atoms with Crippen molar-refractivity contribution in [3.63, 3.8) is 0 Å². The first-order chi connectivity index (χ1) is 22.4. The summed E-state index contributed by atoms with van der Waals surface area (Å²) in [7, 11) is 0. The van der Waals surface area contributed by atoms with Gasteiger partial charge in [0, 0.05) is 51.0 Å². The van der Waals surface area contributed by atoms with E-state index in [0.717, 1.165) is 38.3 Å². The number of pyridine rings is 1. The van der Waals surface area contributed by atoms with E-state index in [4.69, 9.17) is 34.4 Å². The van der Waals surface area contributed by atoms with Crippen molar-refractivity contribution in [3.05, 3.63) is 48.3 Å². The van der Waals surface area contributed by atoms with Crippen molar-refractivity contribution >= 4 is 23.8 Å². The summed E-state index contributed by atoms with van der Waals surface area (Å²) < 4.78 is 104. The molecule has 1 fully saturated rings. The van der Waals surface area contributed by atoms with E-state index >= 15 is 0 Å². The highest BCUT2D eigenvalue weighted by Gasteiger charge is 2.47. The fraction of sp³-hybridized carbons (Fsp3) is 0.556. The molecule has 4 rings (SSSR count). The average Bonchev–Trinajstić information content (AvgIpc) is 3.47. The molecule has 4 heterocycles. The SMILES string of the molecule is CC(C)CNC(=O)C1Cn2ccnc2C2(CCN(Cc3cccnc3)CC2)O1.O=C(O)C(F)(F)F.O=C(O)C(F)(F)F.O=C(O)C(F)(F)F. The summed E-state index contributed by atoms with van der Waals surface area (Å²) in [4.78, 5) is 50.6. The number of aliphatic carboxylic acids is 3. The second-order valence-electron chi connectivity index (χ2n) is 10.7. The number of likely N-dealkylation sites (tertiary alicyclic amines) is 1. The largest absolute Gasteiger partial charge is 0.490 e. The summed E-state index contributed by atoms with van der Waals surface area (Å²) in [5.41, 5.74) is 0.739. The van der Waals surface area contributed by atoms with Crippen molar-refractivity contribution in [3.8, 4) is 0 Å². The van der Waals surface area contributed by atoms with E-state index in [1.54, 1.807) is 6.20 Å². The Bertz CT molecular complexity index is 1320. The van der Waals surface area contributed by atoms with Crippen LogP contribution in [0.2, 0.25) is 0 Å². The standard InChI is InChI=1S/C21H29N5O2.3C2HF3O2/c1-16(2)12-24-19(27)18-15-26-11-8-23-20(26)21(28-18)5-9-25(10-6-21)14-17-4-3-7-22-13-17;3*3-2(4,5)1(6)7/h3-4,7-8,11,13,16,18H,5-6,9-10,12,14-15H2,1-2H3,(H,24,27);3*(H,6,7). The minimum atomic E-state index is -5.08. The molecule has 0 bridgehead atoms. The minimum Gasteiger partial charge on any atom is -0.475 e. The van der Waals surface area contributed by atoms with Gasteiger partial charge in [-0.1, -0.05) is 19.9 Å². The van der Waals surface area contributed by atoms with Crippen molar-refractivity contribution < 1.29 is 78.7 Å². The summed E-state index contributed by atoms with van der Waals surface area (Å²) in [6, 6.07) is 4.08. The number of halogens is 9. The molecule has 2 aromatic rings. The first-order valence-electron chi connectivity index (χ1n) is 13.9. The van der Waals surface area contributed by atoms with E-state index < -0.39 is 48.1 Å². The summed E-state index contributed by atoms with van der Waals surface area (Å²) >= 11 is 0. The number of hydrogen-bond donors (Lipinski definition) is 4. The van der Waals surface area contributed by atoms with Crippen LogP contribution < -0.4 is 5.32 Å². The van der Waals surface area contributed by atoms with Crippen LogP contribution in [0.25, 0.3) is 0 Å². The molecule has 4 N–H and O–H groups in total. The highest BCUT2D eigenvalue weighted by atomic mass is 19.4. The Morgan fingerprint density at radius 2 is 1.41 bits per heavy atom. The summed E-state index contributed by atoms with van der Waals surface area (Å²) in [5, 5.41) is 24.4. The van der Waals surface area contributed by atoms with Gasteiger partial charge in [-0.2, -0.15) is 39.5 Å². The number of imidazole rings is 1. The van der Waals surface area contributed by atoms with Crippen LogP contribution >= 0.6 is 0 Å². The second-order valence-corrected chi connectivity index (χ2v) is 10.7. The van der Waals surface area contributed by atoms with Gasteiger partial charge in [0.2, 0.25) is 0 Å². The van der Waals surface area contributed by atoms with Crippen LogP contribution in [0, 0.1) is 5.92 Å². The Labute approximate surface area is 271 Å². The Morgan fingerprint density at radius 1 is 0.918 bits per heavy atom. The number of hydrogen-bond acceptors (Lipinski definition) is 8. The first kappa shape index (κ1) is 42.6. The monoisotopic (exact) mass is 725 g/mol. The number of alkyl halides is 9. The van der Waals surface area contributed by atoms with Gasteiger partial charge in [0.1, 0.15) is 11.4 Å². The van der Waals surface area contributed by atoms with E-state index in [9.17, 15) is 44.3 Å². The second kappa shape index (κ2) is 17.8. The minimum absolute atomic E-state index is 0.0229. The molecule has 1 saturated heterocycles. The quantitative estimate of drug-likeness (QED) is 0.329. The number of aromatic nitrogens is 3. The number of ether oxygens (including phenoxy) is 1. The maximum Gasteiger partial charge on any atom is 0.490 e. The summed E-state index contributed by atoms with van der Waals surface area (Å²) in [6.45, 7) is 8.08. The molecule has 1 amide bonds. The Balaban J connectivity index is 0.000000467. The third-order valence-electron chi connectivity index (χ3n) is 6.35. The normalized spacial score (nSPS) is 17.2. The number of nitrogens with zero attached hydrogens (tertiary/aromatic N) is 4. The molecule has 2 aromatic heterocycles. The van der Waals surface area contributed by atoms with Gasteiger partial charge in [-0.15, -0.1) is 0 Å². The molecule has 2 aliphatic rings. The number of carboxylic acids is 3. The van der Waals surface area contributed by atoms with Gasteiger partial charge in [0.15, 0.2) is 6.10 Å². The van der Waals surface area contributed by atoms with Crippen LogP contribution in [0.5, 0.6) is 0 Å². The number of piperidine rings is 1. The Morgan fingerprint density at radius 3 is 1.82 bits per heavy atom. The van der Waals surface area contributed by atoms with Crippen LogP contribution in [-0.4, -0.2) is 103 Å². The molecule has 1 unspecified atom stereocenters. The maximum absolute atomic E-state index is 12.7. The summed E-state index contributed by atoms with van der Waals surface area (Å²) in [6.07, 6.45) is -6.55. The molecule has 2 aliphatic heterocycles. The molecule has 0 radical (unpaired) electrons. The van der Waals surface area contributed by atoms with Gasteiger partial charge < -0.3 is 29.9 Å². The third-order valence-corrected chi connectivity index (χ3v) is 6.35. The zero-order valence-corrected chi connectivity index (χ0v) is 25.6. The number of carbonyl (C=O) groups excluding carboxylic acids is 1. The van der Waals surface area contributed by atoms with E-state index in [2.05, 4.69) is 44.7 Å². The molecular formula is C27H32F9N5O8. The molecule has 1 spiro atoms. The highest BCUT2D eigenvalue weighted by molar-refractivity contribution is 5.81. The first-order valence-corrected chi connectivity index (χ1v) is 13.9. The molecule has 0 aromatic carbocycles.